The summed E-state index contributed by atoms with van der Waals surface area (Å²) >= 11 is 0. The Bertz CT molecular complexity index is 211. The van der Waals surface area contributed by atoms with Crippen molar-refractivity contribution in [3.63, 3.8) is 0 Å². The highest BCUT2D eigenvalue weighted by molar-refractivity contribution is 8.34. The quantitative estimate of drug-likeness (QED) is 0.584. The van der Waals surface area contributed by atoms with Gasteiger partial charge in [-0.2, -0.15) is 0 Å². The molecule has 0 saturated carbocycles. The van der Waals surface area contributed by atoms with Crippen LogP contribution in [0, 0.1) is 5.92 Å². The maximum atomic E-state index is 2.54. The highest BCUT2D eigenvalue weighted by Gasteiger charge is 2.44. The Labute approximate surface area is 106 Å². The fourth-order valence-corrected chi connectivity index (χ4v) is 5.42. The molecule has 0 aromatic rings. The molecule has 0 aromatic carbocycles. The first-order chi connectivity index (χ1) is 7.00. The van der Waals surface area contributed by atoms with E-state index in [2.05, 4.69) is 61.0 Å². The minimum atomic E-state index is -0.610. The topological polar surface area (TPSA) is 0 Å². The van der Waals surface area contributed by atoms with Gasteiger partial charge in [0.1, 0.15) is 0 Å². The second kappa shape index (κ2) is 5.33. The fourth-order valence-electron chi connectivity index (χ4n) is 2.16. The molecule has 0 fully saturated rings. The van der Waals surface area contributed by atoms with Crippen LogP contribution < -0.4 is 0 Å². The van der Waals surface area contributed by atoms with E-state index in [1.165, 1.54) is 19.3 Å². The van der Waals surface area contributed by atoms with Crippen LogP contribution in [0.2, 0.25) is 0 Å². The van der Waals surface area contributed by atoms with E-state index in [4.69, 9.17) is 0 Å². The standard InChI is InChI=1S/C15H34S/c1-10-11-12-14(4,5)16(8,9)15(6,7)13(2)3/h13H,10-12H2,1-9H3. The van der Waals surface area contributed by atoms with Gasteiger partial charge in [0, 0.05) is 0 Å². The van der Waals surface area contributed by atoms with Crippen molar-refractivity contribution in [3.05, 3.63) is 0 Å². The zero-order valence-electron chi connectivity index (χ0n) is 13.1. The van der Waals surface area contributed by atoms with Gasteiger partial charge in [-0.15, -0.1) is 0 Å². The van der Waals surface area contributed by atoms with Gasteiger partial charge in [0.05, 0.1) is 0 Å². The highest BCUT2D eigenvalue weighted by atomic mass is 32.3. The summed E-state index contributed by atoms with van der Waals surface area (Å²) in [7, 11) is -0.610. The smallest absolute Gasteiger partial charge is 0.00314 e. The summed E-state index contributed by atoms with van der Waals surface area (Å²) < 4.78 is 0.959. The first kappa shape index (κ1) is 16.4. The second-order valence-electron chi connectivity index (χ2n) is 6.95. The van der Waals surface area contributed by atoms with Crippen molar-refractivity contribution >= 4 is 10.0 Å². The van der Waals surface area contributed by atoms with Gasteiger partial charge in [0.15, 0.2) is 0 Å². The molecule has 0 heterocycles. The molecule has 0 aliphatic carbocycles. The largest absolute Gasteiger partial charge is 0.236 e. The summed E-state index contributed by atoms with van der Waals surface area (Å²) in [6.45, 7) is 17.0. The molecule has 0 aromatic heterocycles. The van der Waals surface area contributed by atoms with E-state index in [9.17, 15) is 0 Å². The van der Waals surface area contributed by atoms with Crippen LogP contribution >= 0.6 is 10.0 Å². The zero-order chi connectivity index (χ0) is 13.2. The number of hydrogen-bond acceptors (Lipinski definition) is 0. The molecular formula is C15H34S. The summed E-state index contributed by atoms with van der Waals surface area (Å²) in [4.78, 5) is 0. The van der Waals surface area contributed by atoms with E-state index in [1.807, 2.05) is 0 Å². The van der Waals surface area contributed by atoms with Gasteiger partial charge in [0.25, 0.3) is 0 Å². The van der Waals surface area contributed by atoms with E-state index in [0.717, 1.165) is 5.92 Å². The van der Waals surface area contributed by atoms with Crippen LogP contribution in [0.1, 0.15) is 67.7 Å². The van der Waals surface area contributed by atoms with Crippen molar-refractivity contribution in [1.82, 2.24) is 0 Å². The molecule has 0 atom stereocenters. The molecule has 0 aliphatic heterocycles. The predicted molar refractivity (Wildman–Crippen MR) is 82.0 cm³/mol. The number of rotatable bonds is 6. The lowest BCUT2D eigenvalue weighted by molar-refractivity contribution is 0.478. The van der Waals surface area contributed by atoms with Crippen molar-refractivity contribution in [1.29, 1.82) is 0 Å². The third-order valence-electron chi connectivity index (χ3n) is 5.22. The van der Waals surface area contributed by atoms with Crippen molar-refractivity contribution in [3.8, 4) is 0 Å². The maximum Gasteiger partial charge on any atom is -0.00314 e. The molecule has 0 amide bonds. The Morgan fingerprint density at radius 1 is 1.00 bits per heavy atom. The molecule has 0 rings (SSSR count). The van der Waals surface area contributed by atoms with Crippen LogP contribution in [0.15, 0.2) is 0 Å². The van der Waals surface area contributed by atoms with Crippen LogP contribution in [0.3, 0.4) is 0 Å². The van der Waals surface area contributed by atoms with E-state index in [0.29, 0.717) is 9.49 Å². The van der Waals surface area contributed by atoms with Crippen molar-refractivity contribution in [2.45, 2.75) is 77.2 Å². The summed E-state index contributed by atoms with van der Waals surface area (Å²) in [6.07, 6.45) is 9.16. The lowest BCUT2D eigenvalue weighted by atomic mass is 9.99. The van der Waals surface area contributed by atoms with E-state index < -0.39 is 10.0 Å². The second-order valence-corrected chi connectivity index (χ2v) is 11.8. The first-order valence-corrected chi connectivity index (χ1v) is 9.18. The Balaban J connectivity index is 5.01. The van der Waals surface area contributed by atoms with E-state index in [1.54, 1.807) is 0 Å². The zero-order valence-corrected chi connectivity index (χ0v) is 13.9. The molecule has 1 heteroatoms. The number of hydrogen-bond donors (Lipinski definition) is 0. The molecule has 0 aliphatic rings. The van der Waals surface area contributed by atoms with Crippen LogP contribution in [0.4, 0.5) is 0 Å². The van der Waals surface area contributed by atoms with Gasteiger partial charge in [0.2, 0.25) is 0 Å². The summed E-state index contributed by atoms with van der Waals surface area (Å²) in [5.41, 5.74) is 0. The van der Waals surface area contributed by atoms with Gasteiger partial charge in [-0.05, 0) is 34.3 Å². The molecule has 0 spiro atoms. The number of unbranched alkanes of at least 4 members (excludes halogenated alkanes) is 1. The van der Waals surface area contributed by atoms with Gasteiger partial charge in [-0.1, -0.05) is 61.3 Å². The van der Waals surface area contributed by atoms with Gasteiger partial charge in [-0.3, -0.25) is 0 Å². The van der Waals surface area contributed by atoms with Crippen molar-refractivity contribution < 1.29 is 0 Å². The summed E-state index contributed by atoms with van der Waals surface area (Å²) in [5.74, 6) is 0.762. The molecule has 0 N–H and O–H groups in total. The Morgan fingerprint density at radius 2 is 1.44 bits per heavy atom. The molecular weight excluding hydrogens is 212 g/mol. The minimum absolute atomic E-state index is 0.463. The molecule has 0 nitrogen and oxygen atoms in total. The van der Waals surface area contributed by atoms with Crippen LogP contribution in [-0.2, 0) is 0 Å². The first-order valence-electron chi connectivity index (χ1n) is 6.73. The van der Waals surface area contributed by atoms with Crippen LogP contribution in [0.5, 0.6) is 0 Å². The van der Waals surface area contributed by atoms with Crippen molar-refractivity contribution in [2.24, 2.45) is 5.92 Å². The monoisotopic (exact) mass is 246 g/mol. The average Bonchev–Trinajstić information content (AvgIpc) is 2.13. The molecule has 0 saturated heterocycles. The molecule has 16 heavy (non-hydrogen) atoms. The minimum Gasteiger partial charge on any atom is -0.236 e. The Morgan fingerprint density at radius 3 is 1.75 bits per heavy atom. The summed E-state index contributed by atoms with van der Waals surface area (Å²) in [5, 5.41) is 0. The molecule has 0 bridgehead atoms. The van der Waals surface area contributed by atoms with Crippen LogP contribution in [-0.4, -0.2) is 22.0 Å². The van der Waals surface area contributed by atoms with Gasteiger partial charge >= 0.3 is 0 Å². The third kappa shape index (κ3) is 2.97. The van der Waals surface area contributed by atoms with Gasteiger partial charge in [-0.25, -0.2) is 10.0 Å². The lowest BCUT2D eigenvalue weighted by Gasteiger charge is -2.59. The lowest BCUT2D eigenvalue weighted by Crippen LogP contribution is -2.43. The van der Waals surface area contributed by atoms with Gasteiger partial charge < -0.3 is 0 Å². The van der Waals surface area contributed by atoms with E-state index in [-0.39, 0.29) is 0 Å². The Kier molecular flexibility index (Phi) is 5.45. The molecule has 100 valence electrons. The normalized spacial score (nSPS) is 15.6. The van der Waals surface area contributed by atoms with Crippen LogP contribution in [0.25, 0.3) is 0 Å². The predicted octanol–water partition coefficient (Wildman–Crippen LogP) is 5.45. The fraction of sp³-hybridized carbons (Fsp3) is 1.00. The van der Waals surface area contributed by atoms with E-state index >= 15 is 0 Å². The average molecular weight is 247 g/mol. The third-order valence-corrected chi connectivity index (χ3v) is 11.3. The Hall–Kier alpha value is 0.350. The maximum absolute atomic E-state index is 2.54. The highest BCUT2D eigenvalue weighted by Crippen LogP contribution is 2.66. The van der Waals surface area contributed by atoms with Crippen molar-refractivity contribution in [2.75, 3.05) is 12.5 Å². The molecule has 0 radical (unpaired) electrons. The SMILES string of the molecule is CCCCC(C)(C)S(C)(C)C(C)(C)C(C)C. The molecule has 0 unspecified atom stereocenters. The summed E-state index contributed by atoms with van der Waals surface area (Å²) in [6, 6.07) is 0.